The molecule has 0 aliphatic carbocycles. The van der Waals surface area contributed by atoms with Crippen molar-refractivity contribution in [1.29, 1.82) is 0 Å². The Labute approximate surface area is 118 Å². The van der Waals surface area contributed by atoms with Gasteiger partial charge >= 0.3 is 0 Å². The molecule has 18 heavy (non-hydrogen) atoms. The monoisotopic (exact) mass is 285 g/mol. The van der Waals surface area contributed by atoms with E-state index in [0.717, 1.165) is 16.9 Å². The maximum Gasteiger partial charge on any atom is 0.252 e. The van der Waals surface area contributed by atoms with Gasteiger partial charge in [0, 0.05) is 11.4 Å². The van der Waals surface area contributed by atoms with Gasteiger partial charge in [0.2, 0.25) is 0 Å². The van der Waals surface area contributed by atoms with Gasteiger partial charge in [-0.25, -0.2) is 0 Å². The second kappa shape index (κ2) is 7.70. The number of hydrogen-bond donors (Lipinski definition) is 1. The lowest BCUT2D eigenvalue weighted by Gasteiger charge is -2.13. The number of thioether (sulfide) groups is 1. The van der Waals surface area contributed by atoms with Crippen molar-refractivity contribution in [3.05, 3.63) is 29.8 Å². The summed E-state index contributed by atoms with van der Waals surface area (Å²) < 4.78 is 0. The summed E-state index contributed by atoms with van der Waals surface area (Å²) in [6, 6.07) is 7.60. The predicted octanol–water partition coefficient (Wildman–Crippen LogP) is 3.79. The first kappa shape index (κ1) is 15.4. The number of rotatable bonds is 6. The first-order valence-electron chi connectivity index (χ1n) is 6.10. The molecular weight excluding hydrogens is 266 g/mol. The Kier molecular flexibility index (Phi) is 6.58. The molecule has 1 N–H and O–H groups in total. The summed E-state index contributed by atoms with van der Waals surface area (Å²) in [6.45, 7) is 4.77. The highest BCUT2D eigenvalue weighted by Gasteiger charge is 2.12. The van der Waals surface area contributed by atoms with Crippen molar-refractivity contribution < 1.29 is 4.79 Å². The van der Waals surface area contributed by atoms with Crippen LogP contribution in [-0.4, -0.2) is 24.1 Å². The Bertz CT molecular complexity index is 395. The van der Waals surface area contributed by atoms with Gasteiger partial charge in [0.1, 0.15) is 0 Å². The summed E-state index contributed by atoms with van der Waals surface area (Å²) in [5.74, 6) is 0.497. The molecule has 1 unspecified atom stereocenters. The molecule has 4 heteroatoms. The van der Waals surface area contributed by atoms with Crippen LogP contribution in [0.25, 0.3) is 0 Å². The topological polar surface area (TPSA) is 29.1 Å². The van der Waals surface area contributed by atoms with Gasteiger partial charge in [-0.15, -0.1) is 23.4 Å². The smallest absolute Gasteiger partial charge is 0.252 e. The van der Waals surface area contributed by atoms with Gasteiger partial charge in [-0.3, -0.25) is 4.79 Å². The van der Waals surface area contributed by atoms with E-state index in [0.29, 0.717) is 12.5 Å². The van der Waals surface area contributed by atoms with Gasteiger partial charge in [0.15, 0.2) is 0 Å². The molecular formula is C14H20ClNOS. The zero-order valence-electron chi connectivity index (χ0n) is 11.1. The molecule has 1 amide bonds. The quantitative estimate of drug-likeness (QED) is 0.636. The summed E-state index contributed by atoms with van der Waals surface area (Å²) in [5.41, 5.74) is 0.721. The molecule has 0 aliphatic heterocycles. The molecule has 0 aromatic heterocycles. The third kappa shape index (κ3) is 4.91. The van der Waals surface area contributed by atoms with Crippen LogP contribution in [0.4, 0.5) is 0 Å². The molecule has 1 rings (SSSR count). The van der Waals surface area contributed by atoms with Crippen LogP contribution in [0, 0.1) is 5.92 Å². The van der Waals surface area contributed by atoms with Gasteiger partial charge in [-0.2, -0.15) is 0 Å². The van der Waals surface area contributed by atoms with E-state index in [4.69, 9.17) is 11.6 Å². The Morgan fingerprint density at radius 3 is 2.67 bits per heavy atom. The molecule has 0 saturated carbocycles. The molecule has 0 heterocycles. The van der Waals surface area contributed by atoms with E-state index in [1.807, 2.05) is 30.5 Å². The zero-order valence-corrected chi connectivity index (χ0v) is 12.6. The van der Waals surface area contributed by atoms with Crippen LogP contribution in [0.3, 0.4) is 0 Å². The zero-order chi connectivity index (χ0) is 13.5. The molecule has 1 aromatic rings. The van der Waals surface area contributed by atoms with E-state index in [1.54, 1.807) is 11.8 Å². The van der Waals surface area contributed by atoms with Gasteiger partial charge in [0.25, 0.3) is 5.91 Å². The predicted molar refractivity (Wildman–Crippen MR) is 79.7 cm³/mol. The summed E-state index contributed by atoms with van der Waals surface area (Å²) in [4.78, 5) is 13.0. The standard InChI is InChI=1S/C14H20ClNOS/c1-10(2)8-11(15)9-16-14(17)12-6-4-5-7-13(12)18-3/h4-7,10-11H,8-9H2,1-3H3,(H,16,17). The number of alkyl halides is 1. The van der Waals surface area contributed by atoms with Crippen LogP contribution in [0.1, 0.15) is 30.6 Å². The van der Waals surface area contributed by atoms with Gasteiger partial charge < -0.3 is 5.32 Å². The highest BCUT2D eigenvalue weighted by atomic mass is 35.5. The molecule has 0 fully saturated rings. The average Bonchev–Trinajstić information content (AvgIpc) is 2.35. The molecule has 0 saturated heterocycles. The number of halogens is 1. The minimum Gasteiger partial charge on any atom is -0.351 e. The van der Waals surface area contributed by atoms with E-state index in [2.05, 4.69) is 19.2 Å². The van der Waals surface area contributed by atoms with Crippen molar-refractivity contribution in [2.75, 3.05) is 12.8 Å². The van der Waals surface area contributed by atoms with E-state index >= 15 is 0 Å². The average molecular weight is 286 g/mol. The molecule has 0 aliphatic rings. The summed E-state index contributed by atoms with van der Waals surface area (Å²) >= 11 is 7.74. The fraction of sp³-hybridized carbons (Fsp3) is 0.500. The van der Waals surface area contributed by atoms with E-state index < -0.39 is 0 Å². The van der Waals surface area contributed by atoms with Crippen LogP contribution < -0.4 is 5.32 Å². The van der Waals surface area contributed by atoms with E-state index in [-0.39, 0.29) is 11.3 Å². The van der Waals surface area contributed by atoms with E-state index in [9.17, 15) is 4.79 Å². The van der Waals surface area contributed by atoms with Crippen molar-refractivity contribution >= 4 is 29.3 Å². The van der Waals surface area contributed by atoms with Crippen molar-refractivity contribution in [3.63, 3.8) is 0 Å². The fourth-order valence-corrected chi connectivity index (χ4v) is 2.75. The van der Waals surface area contributed by atoms with Gasteiger partial charge in [-0.05, 0) is 30.7 Å². The first-order valence-corrected chi connectivity index (χ1v) is 7.76. The molecule has 100 valence electrons. The fourth-order valence-electron chi connectivity index (χ4n) is 1.73. The molecule has 0 spiro atoms. The van der Waals surface area contributed by atoms with E-state index in [1.165, 1.54) is 0 Å². The molecule has 2 nitrogen and oxygen atoms in total. The van der Waals surface area contributed by atoms with Crippen LogP contribution >= 0.6 is 23.4 Å². The minimum absolute atomic E-state index is 0.00427. The largest absolute Gasteiger partial charge is 0.351 e. The lowest BCUT2D eigenvalue weighted by molar-refractivity contribution is 0.0950. The van der Waals surface area contributed by atoms with Gasteiger partial charge in [-0.1, -0.05) is 26.0 Å². The number of carbonyl (C=O) groups excluding carboxylic acids is 1. The maximum absolute atomic E-state index is 12.0. The molecule has 0 bridgehead atoms. The Balaban J connectivity index is 2.55. The number of benzene rings is 1. The Hall–Kier alpha value is -0.670. The molecule has 1 aromatic carbocycles. The SMILES string of the molecule is CSc1ccccc1C(=O)NCC(Cl)CC(C)C. The van der Waals surface area contributed by atoms with Crippen LogP contribution in [0.15, 0.2) is 29.2 Å². The van der Waals surface area contributed by atoms with Crippen molar-refractivity contribution in [2.24, 2.45) is 5.92 Å². The Morgan fingerprint density at radius 1 is 1.39 bits per heavy atom. The second-order valence-corrected chi connectivity index (χ2v) is 6.10. The first-order chi connectivity index (χ1) is 8.54. The summed E-state index contributed by atoms with van der Waals surface area (Å²) in [5, 5.41) is 2.89. The lowest BCUT2D eigenvalue weighted by atomic mass is 10.1. The van der Waals surface area contributed by atoms with Crippen LogP contribution in [-0.2, 0) is 0 Å². The molecule has 1 atom stereocenters. The highest BCUT2D eigenvalue weighted by molar-refractivity contribution is 7.98. The summed E-state index contributed by atoms with van der Waals surface area (Å²) in [7, 11) is 0. The Morgan fingerprint density at radius 2 is 2.06 bits per heavy atom. The number of hydrogen-bond acceptors (Lipinski definition) is 2. The minimum atomic E-state index is -0.0469. The lowest BCUT2D eigenvalue weighted by Crippen LogP contribution is -2.30. The summed E-state index contributed by atoms with van der Waals surface area (Å²) in [6.07, 6.45) is 2.88. The number of amides is 1. The van der Waals surface area contributed by atoms with Crippen molar-refractivity contribution in [2.45, 2.75) is 30.5 Å². The second-order valence-electron chi connectivity index (χ2n) is 4.64. The maximum atomic E-state index is 12.0. The van der Waals surface area contributed by atoms with Crippen LogP contribution in [0.2, 0.25) is 0 Å². The highest BCUT2D eigenvalue weighted by Crippen LogP contribution is 2.19. The van der Waals surface area contributed by atoms with Crippen LogP contribution in [0.5, 0.6) is 0 Å². The third-order valence-corrected chi connectivity index (χ3v) is 3.69. The number of nitrogens with one attached hydrogen (secondary N) is 1. The van der Waals surface area contributed by atoms with Gasteiger partial charge in [0.05, 0.1) is 10.9 Å². The normalized spacial score (nSPS) is 12.5. The molecule has 0 radical (unpaired) electrons. The third-order valence-electron chi connectivity index (χ3n) is 2.56. The van der Waals surface area contributed by atoms with Crippen molar-refractivity contribution in [1.82, 2.24) is 5.32 Å². The van der Waals surface area contributed by atoms with Crippen molar-refractivity contribution in [3.8, 4) is 0 Å². The number of carbonyl (C=O) groups is 1.